The zero-order chi connectivity index (χ0) is 24.1. The van der Waals surface area contributed by atoms with E-state index in [1.807, 2.05) is 6.92 Å². The lowest BCUT2D eigenvalue weighted by molar-refractivity contribution is -0.105. The molecule has 2 amide bonds. The van der Waals surface area contributed by atoms with Gasteiger partial charge in [0, 0.05) is 12.7 Å². The number of amides is 2. The maximum absolute atomic E-state index is 12.8. The Labute approximate surface area is 198 Å². The minimum absolute atomic E-state index is 0.0590. The van der Waals surface area contributed by atoms with Gasteiger partial charge in [0.25, 0.3) is 15.9 Å². The maximum Gasteiger partial charge on any atom is 0.272 e. The first-order chi connectivity index (χ1) is 16.4. The highest BCUT2D eigenvalue weighted by atomic mass is 32.2. The van der Waals surface area contributed by atoms with Gasteiger partial charge in [-0.15, -0.1) is 11.3 Å². The van der Waals surface area contributed by atoms with E-state index in [9.17, 15) is 18.0 Å². The second kappa shape index (κ2) is 9.89. The Bertz CT molecular complexity index is 1430. The molecule has 0 aliphatic rings. The van der Waals surface area contributed by atoms with Crippen LogP contribution in [-0.2, 0) is 21.4 Å². The summed E-state index contributed by atoms with van der Waals surface area (Å²) >= 11 is 1.09. The van der Waals surface area contributed by atoms with Crippen LogP contribution in [0.4, 0.5) is 11.4 Å². The van der Waals surface area contributed by atoms with Gasteiger partial charge in [-0.3, -0.25) is 14.3 Å². The van der Waals surface area contributed by atoms with E-state index in [2.05, 4.69) is 30.3 Å². The van der Waals surface area contributed by atoms with E-state index in [0.29, 0.717) is 30.0 Å². The Hall–Kier alpha value is -3.97. The van der Waals surface area contributed by atoms with E-state index in [-0.39, 0.29) is 27.7 Å². The fourth-order valence-electron chi connectivity index (χ4n) is 3.21. The van der Waals surface area contributed by atoms with Gasteiger partial charge in [-0.05, 0) is 36.1 Å². The van der Waals surface area contributed by atoms with E-state index >= 15 is 0 Å². The second-order valence-electron chi connectivity index (χ2n) is 6.89. The first-order valence-corrected chi connectivity index (χ1v) is 12.4. The molecule has 0 radical (unpaired) electrons. The number of fused-ring (bicyclic) bond motifs is 1. The highest BCUT2D eigenvalue weighted by molar-refractivity contribution is 7.94. The number of aromatic nitrogens is 3. The molecule has 0 aliphatic carbocycles. The smallest absolute Gasteiger partial charge is 0.272 e. The number of sulfonamides is 1. The van der Waals surface area contributed by atoms with Gasteiger partial charge in [0.05, 0.1) is 23.5 Å². The van der Waals surface area contributed by atoms with Gasteiger partial charge >= 0.3 is 0 Å². The summed E-state index contributed by atoms with van der Waals surface area (Å²) in [5, 5.41) is 7.01. The molecule has 0 fully saturated rings. The monoisotopic (exact) mass is 500 g/mol. The summed E-state index contributed by atoms with van der Waals surface area (Å²) in [5.74, 6) is 0.0341. The number of anilines is 2. The molecule has 0 bridgehead atoms. The lowest BCUT2D eigenvalue weighted by Gasteiger charge is -2.12. The van der Waals surface area contributed by atoms with Crippen LogP contribution in [0.2, 0.25) is 0 Å². The number of hydrogen-bond acceptors (Lipinski definition) is 8. The maximum atomic E-state index is 12.8. The summed E-state index contributed by atoms with van der Waals surface area (Å²) in [4.78, 5) is 34.8. The van der Waals surface area contributed by atoms with Crippen molar-refractivity contribution in [2.24, 2.45) is 0 Å². The molecule has 0 spiro atoms. The summed E-state index contributed by atoms with van der Waals surface area (Å²) in [6.45, 7) is 2.43. The minimum atomic E-state index is -3.78. The van der Waals surface area contributed by atoms with Crippen LogP contribution >= 0.6 is 11.3 Å². The Morgan fingerprint density at radius 2 is 2.09 bits per heavy atom. The average molecular weight is 501 g/mol. The number of ether oxygens (including phenoxy) is 1. The number of nitrogens with zero attached hydrogens (tertiary/aromatic N) is 2. The molecule has 4 aromatic rings. The highest BCUT2D eigenvalue weighted by Gasteiger charge is 2.21. The van der Waals surface area contributed by atoms with Gasteiger partial charge in [-0.1, -0.05) is 12.1 Å². The van der Waals surface area contributed by atoms with E-state index < -0.39 is 15.9 Å². The topological polar surface area (TPSA) is 155 Å². The van der Waals surface area contributed by atoms with E-state index in [4.69, 9.17) is 4.74 Å². The van der Waals surface area contributed by atoms with E-state index in [0.717, 1.165) is 16.9 Å². The molecule has 0 saturated heterocycles. The van der Waals surface area contributed by atoms with Crippen molar-refractivity contribution in [3.8, 4) is 5.75 Å². The predicted octanol–water partition coefficient (Wildman–Crippen LogP) is 2.72. The molecule has 4 rings (SSSR count). The van der Waals surface area contributed by atoms with Gasteiger partial charge in [-0.2, -0.15) is 0 Å². The van der Waals surface area contributed by atoms with Gasteiger partial charge in [0.15, 0.2) is 5.69 Å². The molecule has 0 unspecified atom stereocenters. The fourth-order valence-corrected chi connectivity index (χ4v) is 5.26. The molecule has 4 N–H and O–H groups in total. The standard InChI is InChI=1S/C21H20N6O5S2/c1-2-32-16-6-5-13(8-14(16)26-12-28)9-23-21(29)20-19-18(24-11-25-20)15(10-22-19)27-34(30,31)17-4-3-7-33-17/h3-8,10-12,22,27H,2,9H2,1H3,(H,23,29)(H,26,28). The summed E-state index contributed by atoms with van der Waals surface area (Å²) in [6, 6.07) is 8.30. The lowest BCUT2D eigenvalue weighted by Crippen LogP contribution is -2.24. The summed E-state index contributed by atoms with van der Waals surface area (Å²) in [5.41, 5.74) is 2.03. The molecule has 0 aliphatic heterocycles. The third kappa shape index (κ3) is 4.84. The third-order valence-electron chi connectivity index (χ3n) is 4.69. The average Bonchev–Trinajstić information content (AvgIpc) is 3.50. The molecule has 13 heteroatoms. The van der Waals surface area contributed by atoms with Crippen molar-refractivity contribution in [3.63, 3.8) is 0 Å². The number of thiophene rings is 1. The van der Waals surface area contributed by atoms with Gasteiger partial charge in [0.2, 0.25) is 6.41 Å². The van der Waals surface area contributed by atoms with E-state index in [1.54, 1.807) is 29.6 Å². The zero-order valence-electron chi connectivity index (χ0n) is 17.9. The Morgan fingerprint density at radius 3 is 2.82 bits per heavy atom. The number of H-pyrrole nitrogens is 1. The fraction of sp³-hybridized carbons (Fsp3) is 0.143. The molecule has 11 nitrogen and oxygen atoms in total. The van der Waals surface area contributed by atoms with Crippen molar-refractivity contribution in [1.29, 1.82) is 0 Å². The first kappa shape index (κ1) is 23.2. The number of aromatic amines is 1. The largest absolute Gasteiger partial charge is 0.492 e. The van der Waals surface area contributed by atoms with Crippen molar-refractivity contribution in [2.45, 2.75) is 17.7 Å². The highest BCUT2D eigenvalue weighted by Crippen LogP contribution is 2.27. The van der Waals surface area contributed by atoms with E-state index in [1.165, 1.54) is 18.6 Å². The van der Waals surface area contributed by atoms with Gasteiger partial charge < -0.3 is 20.4 Å². The van der Waals surface area contributed by atoms with Crippen molar-refractivity contribution in [2.75, 3.05) is 16.6 Å². The van der Waals surface area contributed by atoms with Crippen molar-refractivity contribution >= 4 is 56.1 Å². The number of carbonyl (C=O) groups excluding carboxylic acids is 2. The summed E-state index contributed by atoms with van der Waals surface area (Å²) in [7, 11) is -3.78. The van der Waals surface area contributed by atoms with Crippen molar-refractivity contribution in [3.05, 3.63) is 59.5 Å². The number of benzene rings is 1. The predicted molar refractivity (Wildman–Crippen MR) is 127 cm³/mol. The molecule has 0 atom stereocenters. The van der Waals surface area contributed by atoms with Gasteiger partial charge in [0.1, 0.15) is 21.8 Å². The minimum Gasteiger partial charge on any atom is -0.492 e. The van der Waals surface area contributed by atoms with Crippen LogP contribution in [0.1, 0.15) is 23.0 Å². The van der Waals surface area contributed by atoms with Crippen LogP contribution in [0.15, 0.2) is 52.4 Å². The number of hydrogen-bond donors (Lipinski definition) is 4. The molecule has 3 heterocycles. The molecule has 3 aromatic heterocycles. The molecule has 0 saturated carbocycles. The normalized spacial score (nSPS) is 11.2. The van der Waals surface area contributed by atoms with Crippen molar-refractivity contribution < 1.29 is 22.7 Å². The number of nitrogens with one attached hydrogen (secondary N) is 4. The second-order valence-corrected chi connectivity index (χ2v) is 9.75. The Balaban J connectivity index is 1.52. The van der Waals surface area contributed by atoms with Crippen LogP contribution in [0.25, 0.3) is 11.0 Å². The molecular weight excluding hydrogens is 480 g/mol. The number of carbonyl (C=O) groups is 2. The summed E-state index contributed by atoms with van der Waals surface area (Å²) in [6.07, 6.45) is 3.16. The SMILES string of the molecule is CCOc1ccc(CNC(=O)c2ncnc3c(NS(=O)(=O)c4cccs4)c[nH]c23)cc1NC=O. The third-order valence-corrected chi connectivity index (χ3v) is 7.46. The quantitative estimate of drug-likeness (QED) is 0.244. The van der Waals surface area contributed by atoms with Crippen LogP contribution in [-0.4, -0.2) is 42.3 Å². The van der Waals surface area contributed by atoms with Gasteiger partial charge in [-0.25, -0.2) is 18.4 Å². The zero-order valence-corrected chi connectivity index (χ0v) is 19.5. The van der Waals surface area contributed by atoms with Crippen LogP contribution in [0, 0.1) is 0 Å². The molecule has 1 aromatic carbocycles. The van der Waals surface area contributed by atoms with Crippen molar-refractivity contribution in [1.82, 2.24) is 20.3 Å². The summed E-state index contributed by atoms with van der Waals surface area (Å²) < 4.78 is 33.2. The molecule has 176 valence electrons. The Morgan fingerprint density at radius 1 is 1.24 bits per heavy atom. The molecule has 34 heavy (non-hydrogen) atoms. The van der Waals surface area contributed by atoms with Crippen LogP contribution in [0.3, 0.4) is 0 Å². The van der Waals surface area contributed by atoms with Crippen LogP contribution < -0.4 is 20.1 Å². The lowest BCUT2D eigenvalue weighted by atomic mass is 10.1. The van der Waals surface area contributed by atoms with Crippen LogP contribution in [0.5, 0.6) is 5.75 Å². The molecular formula is C21H20N6O5S2. The number of rotatable bonds is 10. The Kier molecular flexibility index (Phi) is 6.75. The first-order valence-electron chi connectivity index (χ1n) is 10.1.